The number of quaternary nitrogens is 1. The van der Waals surface area contributed by atoms with E-state index in [2.05, 4.69) is 23.7 Å². The Morgan fingerprint density at radius 2 is 2.12 bits per heavy atom. The first-order valence-electron chi connectivity index (χ1n) is 8.68. The van der Waals surface area contributed by atoms with E-state index in [1.165, 1.54) is 26.0 Å². The summed E-state index contributed by atoms with van der Waals surface area (Å²) in [6.45, 7) is 4.17. The number of nitrogens with one attached hydrogen (secondary N) is 2. The van der Waals surface area contributed by atoms with E-state index in [9.17, 15) is 9.59 Å². The van der Waals surface area contributed by atoms with E-state index in [0.29, 0.717) is 17.1 Å². The molecule has 0 fully saturated rings. The van der Waals surface area contributed by atoms with E-state index in [1.807, 2.05) is 6.07 Å². The summed E-state index contributed by atoms with van der Waals surface area (Å²) < 4.78 is 0. The van der Waals surface area contributed by atoms with E-state index < -0.39 is 5.91 Å². The topological polar surface area (TPSA) is 76.6 Å². The number of carbonyl (C=O) groups excluding carboxylic acids is 2. The Balaban J connectivity index is 1.70. The van der Waals surface area contributed by atoms with Crippen LogP contribution in [0.3, 0.4) is 0 Å². The number of hydrogen-bond acceptors (Lipinski definition) is 4. The Bertz CT molecular complexity index is 753. The molecule has 4 N–H and O–H groups in total. The van der Waals surface area contributed by atoms with Crippen LogP contribution in [0.25, 0.3) is 0 Å². The van der Waals surface area contributed by atoms with Crippen LogP contribution < -0.4 is 16.0 Å². The SMILES string of the molecule is CC[NH+](CC(=O)Nc1sc2c(c1C(N)=O)CCCC2)Cc1cccs1. The lowest BCUT2D eigenvalue weighted by Crippen LogP contribution is -3.11. The van der Waals surface area contributed by atoms with Crippen molar-refractivity contribution < 1.29 is 14.5 Å². The van der Waals surface area contributed by atoms with E-state index in [1.54, 1.807) is 11.3 Å². The van der Waals surface area contributed by atoms with Gasteiger partial charge >= 0.3 is 0 Å². The molecule has 1 atom stereocenters. The van der Waals surface area contributed by atoms with Crippen molar-refractivity contribution in [3.8, 4) is 0 Å². The highest BCUT2D eigenvalue weighted by Crippen LogP contribution is 2.37. The molecule has 1 unspecified atom stereocenters. The van der Waals surface area contributed by atoms with E-state index in [-0.39, 0.29) is 5.91 Å². The summed E-state index contributed by atoms with van der Waals surface area (Å²) in [7, 11) is 0. The van der Waals surface area contributed by atoms with Crippen molar-refractivity contribution in [2.24, 2.45) is 5.73 Å². The molecule has 2 heterocycles. The fourth-order valence-electron chi connectivity index (χ4n) is 3.28. The maximum Gasteiger partial charge on any atom is 0.280 e. The van der Waals surface area contributed by atoms with Gasteiger partial charge in [-0.15, -0.1) is 22.7 Å². The van der Waals surface area contributed by atoms with Crippen LogP contribution in [0, 0.1) is 0 Å². The average molecular weight is 379 g/mol. The molecule has 0 radical (unpaired) electrons. The molecule has 0 spiro atoms. The molecule has 0 aliphatic heterocycles. The highest BCUT2D eigenvalue weighted by Gasteiger charge is 2.25. The predicted octanol–water partition coefficient (Wildman–Crippen LogP) is 1.83. The molecule has 0 bridgehead atoms. The Hall–Kier alpha value is -1.70. The molecule has 3 rings (SSSR count). The van der Waals surface area contributed by atoms with Crippen molar-refractivity contribution in [1.82, 2.24) is 0 Å². The van der Waals surface area contributed by atoms with Crippen LogP contribution in [0.5, 0.6) is 0 Å². The Morgan fingerprint density at radius 1 is 1.32 bits per heavy atom. The van der Waals surface area contributed by atoms with Gasteiger partial charge < -0.3 is 16.0 Å². The fourth-order valence-corrected chi connectivity index (χ4v) is 5.37. The molecule has 0 saturated heterocycles. The second kappa shape index (κ2) is 8.12. The van der Waals surface area contributed by atoms with Crippen molar-refractivity contribution >= 4 is 39.5 Å². The number of aryl methyl sites for hydroxylation is 1. The number of carbonyl (C=O) groups is 2. The Kier molecular flexibility index (Phi) is 5.88. The lowest BCUT2D eigenvalue weighted by Gasteiger charge is -2.16. The van der Waals surface area contributed by atoms with E-state index in [4.69, 9.17) is 5.73 Å². The minimum atomic E-state index is -0.437. The molecule has 1 aliphatic rings. The van der Waals surface area contributed by atoms with Gasteiger partial charge in [0.25, 0.3) is 11.8 Å². The second-order valence-electron chi connectivity index (χ2n) is 6.36. The first kappa shape index (κ1) is 18.1. The summed E-state index contributed by atoms with van der Waals surface area (Å²) >= 11 is 3.23. The lowest BCUT2D eigenvalue weighted by atomic mass is 9.95. The third-order valence-corrected chi connectivity index (χ3v) is 6.67. The smallest absolute Gasteiger partial charge is 0.280 e. The summed E-state index contributed by atoms with van der Waals surface area (Å²) in [5.41, 5.74) is 7.17. The van der Waals surface area contributed by atoms with Crippen LogP contribution in [-0.2, 0) is 24.2 Å². The molecule has 2 aromatic heterocycles. The van der Waals surface area contributed by atoms with Crippen LogP contribution in [-0.4, -0.2) is 24.9 Å². The molecule has 2 aromatic rings. The van der Waals surface area contributed by atoms with Gasteiger partial charge in [-0.25, -0.2) is 0 Å². The van der Waals surface area contributed by atoms with Gasteiger partial charge in [-0.05, 0) is 49.6 Å². The molecule has 7 heteroatoms. The first-order chi connectivity index (χ1) is 12.1. The zero-order valence-corrected chi connectivity index (χ0v) is 16.0. The van der Waals surface area contributed by atoms with Crippen LogP contribution in [0.15, 0.2) is 17.5 Å². The second-order valence-corrected chi connectivity index (χ2v) is 8.50. The van der Waals surface area contributed by atoms with Gasteiger partial charge in [0.2, 0.25) is 0 Å². The number of fused-ring (bicyclic) bond motifs is 1. The molecule has 2 amide bonds. The van der Waals surface area contributed by atoms with Crippen molar-refractivity contribution in [2.75, 3.05) is 18.4 Å². The van der Waals surface area contributed by atoms with Crippen LogP contribution in [0.1, 0.15) is 45.4 Å². The van der Waals surface area contributed by atoms with Gasteiger partial charge in [0.1, 0.15) is 11.5 Å². The largest absolute Gasteiger partial charge is 0.365 e. The monoisotopic (exact) mass is 378 g/mol. The zero-order chi connectivity index (χ0) is 17.8. The van der Waals surface area contributed by atoms with Gasteiger partial charge in [-0.1, -0.05) is 6.07 Å². The van der Waals surface area contributed by atoms with Gasteiger partial charge in [0.15, 0.2) is 6.54 Å². The molecular weight excluding hydrogens is 354 g/mol. The average Bonchev–Trinajstić information content (AvgIpc) is 3.20. The van der Waals surface area contributed by atoms with Crippen molar-refractivity contribution in [1.29, 1.82) is 0 Å². The van der Waals surface area contributed by atoms with Crippen molar-refractivity contribution in [2.45, 2.75) is 39.2 Å². The summed E-state index contributed by atoms with van der Waals surface area (Å²) in [4.78, 5) is 28.1. The maximum absolute atomic E-state index is 12.5. The summed E-state index contributed by atoms with van der Waals surface area (Å²) in [6, 6.07) is 4.12. The summed E-state index contributed by atoms with van der Waals surface area (Å²) in [6.07, 6.45) is 4.06. The predicted molar refractivity (Wildman–Crippen MR) is 103 cm³/mol. The van der Waals surface area contributed by atoms with Gasteiger partial charge in [-0.3, -0.25) is 9.59 Å². The molecule has 25 heavy (non-hydrogen) atoms. The Morgan fingerprint density at radius 3 is 2.80 bits per heavy atom. The van der Waals surface area contributed by atoms with Gasteiger partial charge in [-0.2, -0.15) is 0 Å². The first-order valence-corrected chi connectivity index (χ1v) is 10.4. The Labute approximate surface area is 155 Å². The quantitative estimate of drug-likeness (QED) is 0.687. The van der Waals surface area contributed by atoms with Crippen molar-refractivity contribution in [3.63, 3.8) is 0 Å². The number of rotatable bonds is 7. The number of hydrogen-bond donors (Lipinski definition) is 3. The number of thiophene rings is 2. The highest BCUT2D eigenvalue weighted by atomic mass is 32.1. The normalized spacial score (nSPS) is 14.8. The minimum absolute atomic E-state index is 0.0606. The number of primary amides is 1. The standard InChI is InChI=1S/C18H23N3O2S2/c1-2-21(10-12-6-5-9-24-12)11-15(22)20-18-16(17(19)23)13-7-3-4-8-14(13)25-18/h5-6,9H,2-4,7-8,10-11H2,1H3,(H2,19,23)(H,20,22)/p+1. The lowest BCUT2D eigenvalue weighted by molar-refractivity contribution is -0.903. The molecule has 134 valence electrons. The number of anilines is 1. The molecule has 0 aromatic carbocycles. The minimum Gasteiger partial charge on any atom is -0.365 e. The molecule has 1 aliphatic carbocycles. The number of amides is 2. The van der Waals surface area contributed by atoms with Gasteiger partial charge in [0.05, 0.1) is 17.0 Å². The maximum atomic E-state index is 12.5. The van der Waals surface area contributed by atoms with Crippen LogP contribution in [0.2, 0.25) is 0 Å². The zero-order valence-electron chi connectivity index (χ0n) is 14.4. The number of likely N-dealkylation sites (N-methyl/N-ethyl adjacent to an activating group) is 1. The third kappa shape index (κ3) is 4.29. The number of nitrogens with two attached hydrogens (primary N) is 1. The van der Waals surface area contributed by atoms with Crippen LogP contribution in [0.4, 0.5) is 5.00 Å². The highest BCUT2D eigenvalue weighted by molar-refractivity contribution is 7.17. The van der Waals surface area contributed by atoms with Crippen molar-refractivity contribution in [3.05, 3.63) is 38.4 Å². The van der Waals surface area contributed by atoms with E-state index in [0.717, 1.165) is 44.3 Å². The summed E-state index contributed by atoms with van der Waals surface area (Å²) in [5, 5.41) is 5.64. The molecule has 0 saturated carbocycles. The fraction of sp³-hybridized carbons (Fsp3) is 0.444. The molecular formula is C18H24N3O2S2+. The molecule has 5 nitrogen and oxygen atoms in total. The summed E-state index contributed by atoms with van der Waals surface area (Å²) in [5.74, 6) is -0.498. The third-order valence-electron chi connectivity index (χ3n) is 4.59. The van der Waals surface area contributed by atoms with Crippen LogP contribution >= 0.6 is 22.7 Å². The van der Waals surface area contributed by atoms with E-state index >= 15 is 0 Å². The van der Waals surface area contributed by atoms with Gasteiger partial charge in [0, 0.05) is 4.88 Å².